The first-order valence-electron chi connectivity index (χ1n) is 5.16. The summed E-state index contributed by atoms with van der Waals surface area (Å²) < 4.78 is 0. The van der Waals surface area contributed by atoms with Crippen molar-refractivity contribution in [3.8, 4) is 0 Å². The van der Waals surface area contributed by atoms with E-state index in [1.54, 1.807) is 7.05 Å². The molecule has 88 valence electrons. The molecule has 0 bridgehead atoms. The quantitative estimate of drug-likeness (QED) is 0.532. The topological polar surface area (TPSA) is 78.4 Å². The number of rotatable bonds is 8. The Bertz CT molecular complexity index is 219. The molecular formula is C10H20N2O3. The predicted molar refractivity (Wildman–Crippen MR) is 57.9 cm³/mol. The van der Waals surface area contributed by atoms with Gasteiger partial charge in [-0.1, -0.05) is 6.92 Å². The Morgan fingerprint density at radius 2 is 2.00 bits per heavy atom. The van der Waals surface area contributed by atoms with Crippen LogP contribution in [-0.2, 0) is 9.59 Å². The van der Waals surface area contributed by atoms with Crippen LogP contribution in [0, 0.1) is 0 Å². The third-order valence-electron chi connectivity index (χ3n) is 2.35. The van der Waals surface area contributed by atoms with Crippen LogP contribution in [0.1, 0.15) is 26.7 Å². The van der Waals surface area contributed by atoms with E-state index in [1.807, 2.05) is 13.8 Å². The largest absolute Gasteiger partial charge is 0.481 e. The fourth-order valence-electron chi connectivity index (χ4n) is 1.09. The zero-order valence-electron chi connectivity index (χ0n) is 9.54. The lowest BCUT2D eigenvalue weighted by atomic mass is 10.1. The Kier molecular flexibility index (Phi) is 6.90. The SMILES string of the molecule is CCC(C)NCC(=O)C(CC(=O)O)NC. The normalized spacial score (nSPS) is 14.6. The monoisotopic (exact) mass is 216 g/mol. The smallest absolute Gasteiger partial charge is 0.305 e. The first-order chi connectivity index (χ1) is 7.01. The first kappa shape index (κ1) is 14.1. The van der Waals surface area contributed by atoms with Crippen LogP contribution < -0.4 is 10.6 Å². The van der Waals surface area contributed by atoms with Gasteiger partial charge in [-0.2, -0.15) is 0 Å². The first-order valence-corrected chi connectivity index (χ1v) is 5.16. The fraction of sp³-hybridized carbons (Fsp3) is 0.800. The number of hydrogen-bond acceptors (Lipinski definition) is 4. The van der Waals surface area contributed by atoms with Gasteiger partial charge in [0, 0.05) is 6.04 Å². The Balaban J connectivity index is 3.99. The van der Waals surface area contributed by atoms with Gasteiger partial charge in [-0.15, -0.1) is 0 Å². The second-order valence-electron chi connectivity index (χ2n) is 3.60. The Morgan fingerprint density at radius 3 is 2.40 bits per heavy atom. The molecule has 3 N–H and O–H groups in total. The van der Waals surface area contributed by atoms with Gasteiger partial charge in [0.25, 0.3) is 0 Å². The molecule has 0 heterocycles. The molecule has 5 nitrogen and oxygen atoms in total. The van der Waals surface area contributed by atoms with Gasteiger partial charge in [0.1, 0.15) is 0 Å². The lowest BCUT2D eigenvalue weighted by molar-refractivity contribution is -0.139. The zero-order valence-corrected chi connectivity index (χ0v) is 9.54. The maximum absolute atomic E-state index is 11.5. The minimum atomic E-state index is -0.966. The van der Waals surface area contributed by atoms with Crippen molar-refractivity contribution in [1.82, 2.24) is 10.6 Å². The summed E-state index contributed by atoms with van der Waals surface area (Å²) in [7, 11) is 1.59. The van der Waals surface area contributed by atoms with Crippen LogP contribution in [0.3, 0.4) is 0 Å². The summed E-state index contributed by atoms with van der Waals surface area (Å²) in [5.74, 6) is -1.08. The van der Waals surface area contributed by atoms with Crippen molar-refractivity contribution in [3.63, 3.8) is 0 Å². The molecule has 0 fully saturated rings. The number of carbonyl (C=O) groups excluding carboxylic acids is 1. The highest BCUT2D eigenvalue weighted by atomic mass is 16.4. The van der Waals surface area contributed by atoms with E-state index < -0.39 is 12.0 Å². The zero-order chi connectivity index (χ0) is 11.8. The van der Waals surface area contributed by atoms with E-state index in [2.05, 4.69) is 10.6 Å². The van der Waals surface area contributed by atoms with E-state index in [9.17, 15) is 9.59 Å². The standard InChI is InChI=1S/C10H20N2O3/c1-4-7(2)12-6-9(13)8(11-3)5-10(14)15/h7-8,11-12H,4-6H2,1-3H3,(H,14,15). The minimum absolute atomic E-state index is 0.111. The van der Waals surface area contributed by atoms with Crippen molar-refractivity contribution in [2.45, 2.75) is 38.8 Å². The average molecular weight is 216 g/mol. The van der Waals surface area contributed by atoms with Crippen molar-refractivity contribution < 1.29 is 14.7 Å². The van der Waals surface area contributed by atoms with Crippen LogP contribution in [0.4, 0.5) is 0 Å². The fourth-order valence-corrected chi connectivity index (χ4v) is 1.09. The molecule has 0 saturated heterocycles. The third-order valence-corrected chi connectivity index (χ3v) is 2.35. The molecule has 15 heavy (non-hydrogen) atoms. The molecule has 0 aliphatic carbocycles. The average Bonchev–Trinajstić information content (AvgIpc) is 2.21. The van der Waals surface area contributed by atoms with Crippen LogP contribution in [0.15, 0.2) is 0 Å². The van der Waals surface area contributed by atoms with Gasteiger partial charge in [-0.05, 0) is 20.4 Å². The van der Waals surface area contributed by atoms with E-state index in [0.717, 1.165) is 6.42 Å². The molecule has 0 aromatic rings. The number of carbonyl (C=O) groups is 2. The van der Waals surface area contributed by atoms with Crippen molar-refractivity contribution >= 4 is 11.8 Å². The lowest BCUT2D eigenvalue weighted by Gasteiger charge is -2.15. The number of Topliss-reactive ketones (excluding diaryl/α,β-unsaturated/α-hetero) is 1. The van der Waals surface area contributed by atoms with Crippen LogP contribution in [0.25, 0.3) is 0 Å². The second-order valence-corrected chi connectivity index (χ2v) is 3.60. The van der Waals surface area contributed by atoms with Crippen molar-refractivity contribution in [1.29, 1.82) is 0 Å². The van der Waals surface area contributed by atoms with Crippen molar-refractivity contribution in [2.75, 3.05) is 13.6 Å². The van der Waals surface area contributed by atoms with Gasteiger partial charge in [-0.3, -0.25) is 9.59 Å². The molecule has 0 radical (unpaired) electrons. The Hall–Kier alpha value is -0.940. The van der Waals surface area contributed by atoms with E-state index >= 15 is 0 Å². The van der Waals surface area contributed by atoms with E-state index in [4.69, 9.17) is 5.11 Å². The van der Waals surface area contributed by atoms with Crippen molar-refractivity contribution in [3.05, 3.63) is 0 Å². The maximum atomic E-state index is 11.5. The van der Waals surface area contributed by atoms with E-state index in [-0.39, 0.29) is 24.8 Å². The molecular weight excluding hydrogens is 196 g/mol. The summed E-state index contributed by atoms with van der Waals surface area (Å²) in [6.07, 6.45) is 0.772. The van der Waals surface area contributed by atoms with Gasteiger partial charge in [0.05, 0.1) is 19.0 Å². The summed E-state index contributed by atoms with van der Waals surface area (Å²) in [6.45, 7) is 4.22. The second kappa shape index (κ2) is 7.36. The van der Waals surface area contributed by atoms with Crippen molar-refractivity contribution in [2.24, 2.45) is 0 Å². The van der Waals surface area contributed by atoms with Gasteiger partial charge in [0.15, 0.2) is 5.78 Å². The Morgan fingerprint density at radius 1 is 1.40 bits per heavy atom. The molecule has 0 aromatic heterocycles. The molecule has 0 spiro atoms. The number of carboxylic acid groups (broad SMARTS) is 1. The molecule has 2 unspecified atom stereocenters. The minimum Gasteiger partial charge on any atom is -0.481 e. The summed E-state index contributed by atoms with van der Waals surface area (Å²) >= 11 is 0. The maximum Gasteiger partial charge on any atom is 0.305 e. The van der Waals surface area contributed by atoms with Gasteiger partial charge in [-0.25, -0.2) is 0 Å². The third kappa shape index (κ3) is 6.19. The number of ketones is 1. The number of nitrogens with one attached hydrogen (secondary N) is 2. The molecule has 0 amide bonds. The number of aliphatic carboxylic acids is 1. The number of carboxylic acids is 1. The summed E-state index contributed by atoms with van der Waals surface area (Å²) in [6, 6.07) is -0.324. The van der Waals surface area contributed by atoms with E-state index in [0.29, 0.717) is 0 Å². The molecule has 0 rings (SSSR count). The molecule has 5 heteroatoms. The van der Waals surface area contributed by atoms with Gasteiger partial charge in [0.2, 0.25) is 0 Å². The van der Waals surface area contributed by atoms with Crippen LogP contribution in [0.5, 0.6) is 0 Å². The Labute approximate surface area is 90.2 Å². The number of hydrogen-bond donors (Lipinski definition) is 3. The lowest BCUT2D eigenvalue weighted by Crippen LogP contribution is -2.43. The van der Waals surface area contributed by atoms with Crippen LogP contribution in [0.2, 0.25) is 0 Å². The molecule has 0 saturated carbocycles. The highest BCUT2D eigenvalue weighted by Crippen LogP contribution is 1.94. The van der Waals surface area contributed by atoms with E-state index in [1.165, 1.54) is 0 Å². The molecule has 0 aromatic carbocycles. The molecule has 2 atom stereocenters. The van der Waals surface area contributed by atoms with Crippen LogP contribution in [-0.4, -0.2) is 42.5 Å². The number of likely N-dealkylation sites (N-methyl/N-ethyl adjacent to an activating group) is 1. The highest BCUT2D eigenvalue weighted by Gasteiger charge is 2.19. The van der Waals surface area contributed by atoms with Crippen LogP contribution >= 0.6 is 0 Å². The molecule has 0 aliphatic rings. The summed E-state index contributed by atoms with van der Waals surface area (Å²) in [4.78, 5) is 22.0. The predicted octanol–water partition coefficient (Wildman–Crippen LogP) is 0.00630. The highest BCUT2D eigenvalue weighted by molar-refractivity contribution is 5.89. The van der Waals surface area contributed by atoms with Gasteiger partial charge >= 0.3 is 5.97 Å². The summed E-state index contributed by atoms with van der Waals surface area (Å²) in [5.41, 5.74) is 0. The van der Waals surface area contributed by atoms with Gasteiger partial charge < -0.3 is 15.7 Å². The molecule has 0 aliphatic heterocycles. The summed E-state index contributed by atoms with van der Waals surface area (Å²) in [5, 5.41) is 14.3.